The van der Waals surface area contributed by atoms with E-state index in [-0.39, 0.29) is 5.75 Å². The molecule has 5 nitrogen and oxygen atoms in total. The van der Waals surface area contributed by atoms with E-state index in [2.05, 4.69) is 0 Å². The van der Waals surface area contributed by atoms with E-state index in [1.54, 1.807) is 7.05 Å². The van der Waals surface area contributed by atoms with E-state index in [4.69, 9.17) is 10.9 Å². The molecule has 0 aliphatic heterocycles. The fraction of sp³-hybridized carbons (Fsp3) is 1.00. The Labute approximate surface area is 67.4 Å². The van der Waals surface area contributed by atoms with Crippen molar-refractivity contribution in [1.29, 1.82) is 0 Å². The summed E-state index contributed by atoms with van der Waals surface area (Å²) in [5, 5.41) is 4.79. The van der Waals surface area contributed by atoms with Crippen LogP contribution in [0.1, 0.15) is 0 Å². The van der Waals surface area contributed by atoms with E-state index < -0.39 is 10.0 Å². The number of nitrogens with zero attached hydrogens (tertiary/aromatic N) is 1. The molecule has 0 rings (SSSR count). The molecule has 4 N–H and O–H groups in total. The lowest BCUT2D eigenvalue weighted by molar-refractivity contribution is 0.363. The Hall–Kier alpha value is -0.170. The van der Waals surface area contributed by atoms with Gasteiger partial charge >= 0.3 is 0 Å². The second-order valence-corrected chi connectivity index (χ2v) is 4.19. The van der Waals surface area contributed by atoms with Crippen molar-refractivity contribution in [2.45, 2.75) is 0 Å². The molecule has 0 heterocycles. The predicted octanol–water partition coefficient (Wildman–Crippen LogP) is -1.83. The summed E-state index contributed by atoms with van der Waals surface area (Å²) in [4.78, 5) is 1.82. The second-order valence-electron chi connectivity index (χ2n) is 2.46. The minimum absolute atomic E-state index is 0.0104. The van der Waals surface area contributed by atoms with Crippen LogP contribution < -0.4 is 10.9 Å². The van der Waals surface area contributed by atoms with Crippen molar-refractivity contribution in [2.75, 3.05) is 32.4 Å². The van der Waals surface area contributed by atoms with Crippen molar-refractivity contribution in [3.8, 4) is 0 Å². The Bertz CT molecular complexity index is 190. The second kappa shape index (κ2) is 4.66. The molecule has 0 aliphatic carbocycles. The van der Waals surface area contributed by atoms with Gasteiger partial charge in [0.1, 0.15) is 0 Å². The SMILES string of the molecule is CN(CCN)CCS(N)(=O)=O. The van der Waals surface area contributed by atoms with Crippen LogP contribution >= 0.6 is 0 Å². The topological polar surface area (TPSA) is 89.4 Å². The average molecular weight is 181 g/mol. The molecule has 11 heavy (non-hydrogen) atoms. The minimum Gasteiger partial charge on any atom is -0.329 e. The van der Waals surface area contributed by atoms with Gasteiger partial charge in [-0.2, -0.15) is 0 Å². The predicted molar refractivity (Wildman–Crippen MR) is 44.5 cm³/mol. The van der Waals surface area contributed by atoms with Crippen molar-refractivity contribution >= 4 is 10.0 Å². The summed E-state index contributed by atoms with van der Waals surface area (Å²) in [6, 6.07) is 0. The summed E-state index contributed by atoms with van der Waals surface area (Å²) >= 11 is 0. The maximum Gasteiger partial charge on any atom is 0.210 e. The Balaban J connectivity index is 3.54. The number of sulfonamides is 1. The van der Waals surface area contributed by atoms with Crippen molar-refractivity contribution in [1.82, 2.24) is 4.90 Å². The summed E-state index contributed by atoms with van der Waals surface area (Å²) in [6.07, 6.45) is 0. The molecule has 0 saturated heterocycles. The van der Waals surface area contributed by atoms with Crippen LogP contribution in [0.25, 0.3) is 0 Å². The van der Waals surface area contributed by atoms with Crippen molar-refractivity contribution in [2.24, 2.45) is 10.9 Å². The van der Waals surface area contributed by atoms with Crippen LogP contribution in [0.4, 0.5) is 0 Å². The molecule has 0 aromatic rings. The van der Waals surface area contributed by atoms with Crippen LogP contribution in [-0.2, 0) is 10.0 Å². The first-order valence-corrected chi connectivity index (χ1v) is 5.06. The van der Waals surface area contributed by atoms with Crippen LogP contribution in [-0.4, -0.2) is 45.8 Å². The third kappa shape index (κ3) is 7.73. The van der Waals surface area contributed by atoms with Crippen LogP contribution in [0.5, 0.6) is 0 Å². The van der Waals surface area contributed by atoms with Gasteiger partial charge in [0.25, 0.3) is 0 Å². The van der Waals surface area contributed by atoms with Crippen LogP contribution in [0.2, 0.25) is 0 Å². The number of hydrogen-bond acceptors (Lipinski definition) is 4. The fourth-order valence-electron chi connectivity index (χ4n) is 0.615. The molecular formula is C5H15N3O2S. The summed E-state index contributed by atoms with van der Waals surface area (Å²) < 4.78 is 20.9. The van der Waals surface area contributed by atoms with Gasteiger partial charge in [0, 0.05) is 19.6 Å². The molecule has 0 unspecified atom stereocenters. The van der Waals surface area contributed by atoms with Gasteiger partial charge in [0.2, 0.25) is 10.0 Å². The molecule has 6 heteroatoms. The van der Waals surface area contributed by atoms with Crippen LogP contribution in [0.3, 0.4) is 0 Å². The zero-order valence-corrected chi connectivity index (χ0v) is 7.47. The highest BCUT2D eigenvalue weighted by molar-refractivity contribution is 7.89. The van der Waals surface area contributed by atoms with E-state index >= 15 is 0 Å². The largest absolute Gasteiger partial charge is 0.329 e. The summed E-state index contributed by atoms with van der Waals surface area (Å²) in [6.45, 7) is 1.66. The number of likely N-dealkylation sites (N-methyl/N-ethyl adjacent to an activating group) is 1. The highest BCUT2D eigenvalue weighted by Gasteiger charge is 2.04. The number of rotatable bonds is 5. The van der Waals surface area contributed by atoms with Gasteiger partial charge in [0.15, 0.2) is 0 Å². The highest BCUT2D eigenvalue weighted by Crippen LogP contribution is 1.83. The zero-order valence-electron chi connectivity index (χ0n) is 6.66. The Kier molecular flexibility index (Phi) is 4.58. The van der Waals surface area contributed by atoms with Crippen LogP contribution in [0, 0.1) is 0 Å². The first kappa shape index (κ1) is 10.8. The standard InChI is InChI=1S/C5H15N3O2S/c1-8(3-2-6)4-5-11(7,9)10/h2-6H2,1H3,(H2,7,9,10). The first-order chi connectivity index (χ1) is 4.95. The van der Waals surface area contributed by atoms with Crippen molar-refractivity contribution in [3.05, 3.63) is 0 Å². The summed E-state index contributed by atoms with van der Waals surface area (Å²) in [5.41, 5.74) is 5.25. The molecule has 0 aromatic heterocycles. The molecule has 0 atom stereocenters. The normalized spacial score (nSPS) is 12.4. The number of nitrogens with two attached hydrogens (primary N) is 2. The molecule has 0 aliphatic rings. The fourth-order valence-corrected chi connectivity index (χ4v) is 1.18. The van der Waals surface area contributed by atoms with Gasteiger partial charge in [-0.25, -0.2) is 13.6 Å². The van der Waals surface area contributed by atoms with Gasteiger partial charge in [-0.15, -0.1) is 0 Å². The molecular weight excluding hydrogens is 166 g/mol. The molecule has 0 spiro atoms. The maximum atomic E-state index is 10.5. The number of hydrogen-bond donors (Lipinski definition) is 2. The van der Waals surface area contributed by atoms with E-state index in [1.807, 2.05) is 4.90 Å². The quantitative estimate of drug-likeness (QED) is 0.522. The lowest BCUT2D eigenvalue weighted by atomic mass is 10.5. The molecule has 0 aromatic carbocycles. The Morgan fingerprint density at radius 3 is 2.27 bits per heavy atom. The summed E-state index contributed by atoms with van der Waals surface area (Å²) in [7, 11) is -1.52. The first-order valence-electron chi connectivity index (χ1n) is 3.35. The van der Waals surface area contributed by atoms with Gasteiger partial charge in [-0.05, 0) is 7.05 Å². The van der Waals surface area contributed by atoms with E-state index in [1.165, 1.54) is 0 Å². The molecule has 0 saturated carbocycles. The average Bonchev–Trinajstić information content (AvgIpc) is 1.83. The minimum atomic E-state index is -3.32. The Morgan fingerprint density at radius 1 is 1.36 bits per heavy atom. The van der Waals surface area contributed by atoms with Crippen molar-refractivity contribution in [3.63, 3.8) is 0 Å². The van der Waals surface area contributed by atoms with E-state index in [0.717, 1.165) is 0 Å². The number of primary sulfonamides is 1. The third-order valence-corrected chi connectivity index (χ3v) is 2.02. The lowest BCUT2D eigenvalue weighted by Crippen LogP contribution is -2.32. The molecule has 0 fully saturated rings. The molecule has 0 radical (unpaired) electrons. The summed E-state index contributed by atoms with van der Waals surface area (Å²) in [5.74, 6) is -0.0104. The van der Waals surface area contributed by atoms with Gasteiger partial charge < -0.3 is 10.6 Å². The smallest absolute Gasteiger partial charge is 0.210 e. The third-order valence-electron chi connectivity index (χ3n) is 1.27. The zero-order chi connectivity index (χ0) is 8.91. The Morgan fingerprint density at radius 2 is 1.91 bits per heavy atom. The molecule has 0 amide bonds. The van der Waals surface area contributed by atoms with Crippen LogP contribution in [0.15, 0.2) is 0 Å². The van der Waals surface area contributed by atoms with Crippen molar-refractivity contribution < 1.29 is 8.42 Å². The lowest BCUT2D eigenvalue weighted by Gasteiger charge is -2.13. The highest BCUT2D eigenvalue weighted by atomic mass is 32.2. The van der Waals surface area contributed by atoms with Gasteiger partial charge in [-0.3, -0.25) is 0 Å². The molecule has 68 valence electrons. The monoisotopic (exact) mass is 181 g/mol. The van der Waals surface area contributed by atoms with E-state index in [9.17, 15) is 8.42 Å². The maximum absolute atomic E-state index is 10.5. The molecule has 0 bridgehead atoms. The van der Waals surface area contributed by atoms with Gasteiger partial charge in [-0.1, -0.05) is 0 Å². The van der Waals surface area contributed by atoms with Gasteiger partial charge in [0.05, 0.1) is 5.75 Å². The van der Waals surface area contributed by atoms with E-state index in [0.29, 0.717) is 19.6 Å².